The van der Waals surface area contributed by atoms with Crippen LogP contribution in [0.25, 0.3) is 21.8 Å². The average molecular weight is 471 g/mol. The fraction of sp³-hybridized carbons (Fsp3) is 0.333. The first kappa shape index (κ1) is 23.1. The minimum Gasteiger partial charge on any atom is -0.462 e. The summed E-state index contributed by atoms with van der Waals surface area (Å²) >= 11 is 0. The van der Waals surface area contributed by atoms with Gasteiger partial charge in [-0.15, -0.1) is 0 Å². The van der Waals surface area contributed by atoms with Crippen molar-refractivity contribution < 1.29 is 9.53 Å². The lowest BCUT2D eigenvalue weighted by Crippen LogP contribution is -2.45. The minimum atomic E-state index is -0.303. The number of piperazine rings is 1. The number of para-hydroxylation sites is 2. The van der Waals surface area contributed by atoms with Gasteiger partial charge in [0.1, 0.15) is 11.6 Å². The van der Waals surface area contributed by atoms with Crippen molar-refractivity contribution in [3.05, 3.63) is 71.2 Å². The molecule has 0 spiro atoms. The van der Waals surface area contributed by atoms with Gasteiger partial charge in [-0.3, -0.25) is 14.8 Å². The number of carbonyl (C=O) groups is 1. The van der Waals surface area contributed by atoms with Gasteiger partial charge in [-0.1, -0.05) is 30.3 Å². The van der Waals surface area contributed by atoms with E-state index in [0.29, 0.717) is 31.1 Å². The number of nitrogens with two attached hydrogens (primary N) is 1. The minimum absolute atomic E-state index is 0.303. The molecule has 0 radical (unpaired) electrons. The van der Waals surface area contributed by atoms with Gasteiger partial charge in [-0.25, -0.2) is 14.8 Å². The molecule has 1 aliphatic heterocycles. The highest BCUT2D eigenvalue weighted by Crippen LogP contribution is 2.25. The zero-order valence-electron chi connectivity index (χ0n) is 20.2. The second kappa shape index (κ2) is 9.93. The van der Waals surface area contributed by atoms with Crippen molar-refractivity contribution in [2.24, 2.45) is 0 Å². The van der Waals surface area contributed by atoms with E-state index in [2.05, 4.69) is 14.8 Å². The molecule has 0 bridgehead atoms. The second-order valence-electron chi connectivity index (χ2n) is 8.89. The third-order valence-corrected chi connectivity index (χ3v) is 6.59. The molecule has 2 N–H and O–H groups in total. The van der Waals surface area contributed by atoms with E-state index in [-0.39, 0.29) is 5.97 Å². The van der Waals surface area contributed by atoms with Gasteiger partial charge < -0.3 is 10.5 Å². The molecule has 0 saturated carbocycles. The summed E-state index contributed by atoms with van der Waals surface area (Å²) in [5.41, 5.74) is 10.2. The van der Waals surface area contributed by atoms with Crippen LogP contribution in [-0.4, -0.2) is 63.5 Å². The molecule has 8 heteroatoms. The maximum atomic E-state index is 12.8. The highest BCUT2D eigenvalue weighted by atomic mass is 16.5. The molecule has 1 saturated heterocycles. The summed E-state index contributed by atoms with van der Waals surface area (Å²) in [4.78, 5) is 31.6. The standard InChI is InChI=1S/C27H30N6O2/c1-3-35-27(34)25-18(2)19-8-4-6-10-21(19)29-23(25)16-32-12-14-33(15-13-32)17-24-30-22-11-7-5-9-20(22)26(28)31-24/h4-11H,3,12-17H2,1-2H3,(H2,28,30,31). The molecule has 0 aliphatic carbocycles. The fourth-order valence-electron chi connectivity index (χ4n) is 4.77. The quantitative estimate of drug-likeness (QED) is 0.427. The van der Waals surface area contributed by atoms with Gasteiger partial charge in [0, 0.05) is 43.5 Å². The van der Waals surface area contributed by atoms with E-state index in [1.165, 1.54) is 0 Å². The summed E-state index contributed by atoms with van der Waals surface area (Å²) in [5, 5.41) is 1.87. The molecule has 0 amide bonds. The van der Waals surface area contributed by atoms with Crippen LogP contribution in [0.4, 0.5) is 5.82 Å². The van der Waals surface area contributed by atoms with Crippen LogP contribution in [0.2, 0.25) is 0 Å². The van der Waals surface area contributed by atoms with E-state index in [4.69, 9.17) is 20.4 Å². The first-order valence-electron chi connectivity index (χ1n) is 12.0. The number of nitrogen functional groups attached to an aromatic ring is 1. The van der Waals surface area contributed by atoms with Crippen molar-refractivity contribution in [3.8, 4) is 0 Å². The number of hydrogen-bond acceptors (Lipinski definition) is 8. The molecule has 3 heterocycles. The average Bonchev–Trinajstić information content (AvgIpc) is 2.86. The summed E-state index contributed by atoms with van der Waals surface area (Å²) in [6.45, 7) is 8.87. The van der Waals surface area contributed by atoms with Crippen LogP contribution in [0.15, 0.2) is 48.5 Å². The van der Waals surface area contributed by atoms with E-state index >= 15 is 0 Å². The molecule has 2 aromatic heterocycles. The normalized spacial score (nSPS) is 15.0. The lowest BCUT2D eigenvalue weighted by molar-refractivity contribution is 0.0521. The molecule has 2 aromatic carbocycles. The first-order valence-corrected chi connectivity index (χ1v) is 12.0. The number of benzene rings is 2. The van der Waals surface area contributed by atoms with Crippen LogP contribution < -0.4 is 5.73 Å². The lowest BCUT2D eigenvalue weighted by atomic mass is 10.0. The smallest absolute Gasteiger partial charge is 0.340 e. The number of ether oxygens (including phenoxy) is 1. The van der Waals surface area contributed by atoms with Gasteiger partial charge in [0.05, 0.1) is 35.4 Å². The number of pyridine rings is 1. The van der Waals surface area contributed by atoms with E-state index in [0.717, 1.165) is 65.1 Å². The first-order chi connectivity index (χ1) is 17.0. The van der Waals surface area contributed by atoms with Crippen LogP contribution in [0.3, 0.4) is 0 Å². The molecule has 1 aliphatic rings. The maximum absolute atomic E-state index is 12.8. The Kier molecular flexibility index (Phi) is 6.57. The zero-order valence-corrected chi connectivity index (χ0v) is 20.2. The van der Waals surface area contributed by atoms with Crippen molar-refractivity contribution in [2.45, 2.75) is 26.9 Å². The Labute approximate surface area is 204 Å². The molecule has 1 fully saturated rings. The fourth-order valence-corrected chi connectivity index (χ4v) is 4.77. The highest BCUT2D eigenvalue weighted by Gasteiger charge is 2.24. The summed E-state index contributed by atoms with van der Waals surface area (Å²) in [6, 6.07) is 15.8. The summed E-state index contributed by atoms with van der Waals surface area (Å²) in [7, 11) is 0. The summed E-state index contributed by atoms with van der Waals surface area (Å²) in [6.07, 6.45) is 0. The number of anilines is 1. The van der Waals surface area contributed by atoms with Gasteiger partial charge in [-0.05, 0) is 37.6 Å². The Morgan fingerprint density at radius 1 is 0.886 bits per heavy atom. The molecule has 0 atom stereocenters. The largest absolute Gasteiger partial charge is 0.462 e. The van der Waals surface area contributed by atoms with E-state index in [9.17, 15) is 4.79 Å². The number of aromatic nitrogens is 3. The zero-order chi connectivity index (χ0) is 24.4. The van der Waals surface area contributed by atoms with Crippen LogP contribution in [0.5, 0.6) is 0 Å². The van der Waals surface area contributed by atoms with Crippen molar-refractivity contribution in [3.63, 3.8) is 0 Å². The molecule has 35 heavy (non-hydrogen) atoms. The van der Waals surface area contributed by atoms with Crippen molar-refractivity contribution in [1.29, 1.82) is 0 Å². The molecular weight excluding hydrogens is 440 g/mol. The third kappa shape index (κ3) is 4.80. The van der Waals surface area contributed by atoms with E-state index in [1.54, 1.807) is 0 Å². The number of aryl methyl sites for hydroxylation is 1. The number of nitrogens with zero attached hydrogens (tertiary/aromatic N) is 5. The van der Waals surface area contributed by atoms with E-state index in [1.807, 2.05) is 62.4 Å². The Balaban J connectivity index is 1.30. The Hall–Kier alpha value is -3.62. The molecule has 8 nitrogen and oxygen atoms in total. The summed E-state index contributed by atoms with van der Waals surface area (Å²) in [5.74, 6) is 0.961. The van der Waals surface area contributed by atoms with Gasteiger partial charge in [-0.2, -0.15) is 0 Å². The van der Waals surface area contributed by atoms with Crippen molar-refractivity contribution >= 4 is 33.6 Å². The van der Waals surface area contributed by atoms with Crippen LogP contribution in [0, 0.1) is 6.92 Å². The van der Waals surface area contributed by atoms with Gasteiger partial charge in [0.25, 0.3) is 0 Å². The summed E-state index contributed by atoms with van der Waals surface area (Å²) < 4.78 is 5.38. The van der Waals surface area contributed by atoms with Gasteiger partial charge >= 0.3 is 5.97 Å². The number of fused-ring (bicyclic) bond motifs is 2. The predicted octanol–water partition coefficient (Wildman–Crippen LogP) is 3.56. The number of esters is 1. The molecule has 0 unspecified atom stereocenters. The SMILES string of the molecule is CCOC(=O)c1c(CN2CCN(Cc3nc(N)c4ccccc4n3)CC2)nc2ccccc2c1C. The van der Waals surface area contributed by atoms with Crippen molar-refractivity contribution in [1.82, 2.24) is 24.8 Å². The Morgan fingerprint density at radius 3 is 2.17 bits per heavy atom. The van der Waals surface area contributed by atoms with Crippen molar-refractivity contribution in [2.75, 3.05) is 38.5 Å². The van der Waals surface area contributed by atoms with Crippen LogP contribution in [0.1, 0.15) is 34.4 Å². The third-order valence-electron chi connectivity index (χ3n) is 6.59. The predicted molar refractivity (Wildman–Crippen MR) is 137 cm³/mol. The topological polar surface area (TPSA) is 97.5 Å². The van der Waals surface area contributed by atoms with Gasteiger partial charge in [0.15, 0.2) is 0 Å². The highest BCUT2D eigenvalue weighted by molar-refractivity contribution is 5.98. The number of hydrogen-bond donors (Lipinski definition) is 1. The monoisotopic (exact) mass is 470 g/mol. The second-order valence-corrected chi connectivity index (χ2v) is 8.89. The molecule has 5 rings (SSSR count). The number of carbonyl (C=O) groups excluding carboxylic acids is 1. The van der Waals surface area contributed by atoms with Gasteiger partial charge in [0.2, 0.25) is 0 Å². The molecule has 180 valence electrons. The Morgan fingerprint density at radius 2 is 1.49 bits per heavy atom. The Bertz CT molecular complexity index is 1380. The maximum Gasteiger partial charge on any atom is 0.340 e. The van der Waals surface area contributed by atoms with Crippen LogP contribution >= 0.6 is 0 Å². The molecular formula is C27H30N6O2. The lowest BCUT2D eigenvalue weighted by Gasteiger charge is -2.34. The number of rotatable bonds is 6. The molecule has 4 aromatic rings. The van der Waals surface area contributed by atoms with Crippen LogP contribution in [-0.2, 0) is 17.8 Å². The van der Waals surface area contributed by atoms with E-state index < -0.39 is 0 Å².